The predicted octanol–water partition coefficient (Wildman–Crippen LogP) is 4.34. The Hall–Kier alpha value is -1.51. The van der Waals surface area contributed by atoms with Crippen LogP contribution >= 0.6 is 11.6 Å². The normalized spacial score (nSPS) is 10.6. The van der Waals surface area contributed by atoms with Crippen LogP contribution in [-0.2, 0) is 13.2 Å². The van der Waals surface area contributed by atoms with Gasteiger partial charge in [-0.25, -0.2) is 0 Å². The second kappa shape index (κ2) is 7.32. The van der Waals surface area contributed by atoms with Gasteiger partial charge in [0.2, 0.25) is 0 Å². The van der Waals surface area contributed by atoms with Crippen LogP contribution in [0.2, 0.25) is 5.02 Å². The van der Waals surface area contributed by atoms with Crippen molar-refractivity contribution in [3.63, 3.8) is 0 Å². The van der Waals surface area contributed by atoms with Crippen molar-refractivity contribution in [1.29, 1.82) is 0 Å². The van der Waals surface area contributed by atoms with Crippen molar-refractivity contribution in [2.24, 2.45) is 0 Å². The summed E-state index contributed by atoms with van der Waals surface area (Å²) >= 11 is 6.01. The minimum absolute atomic E-state index is 0.558. The monoisotopic (exact) mass is 289 g/mol. The maximum atomic E-state index is 6.01. The highest BCUT2D eigenvalue weighted by atomic mass is 35.5. The molecule has 2 aromatic rings. The second-order valence-corrected chi connectivity index (χ2v) is 5.18. The highest BCUT2D eigenvalue weighted by Gasteiger charge is 2.05. The lowest BCUT2D eigenvalue weighted by atomic mass is 10.1. The van der Waals surface area contributed by atoms with Crippen LogP contribution in [0, 0.1) is 6.92 Å². The zero-order chi connectivity index (χ0) is 14.4. The number of hydrogen-bond donors (Lipinski definition) is 1. The summed E-state index contributed by atoms with van der Waals surface area (Å²) in [5.41, 5.74) is 3.57. The van der Waals surface area contributed by atoms with Crippen molar-refractivity contribution in [1.82, 2.24) is 5.32 Å². The SMILES string of the molecule is CCNCc1ccccc1COc1cc(Cl)ccc1C. The molecule has 0 bridgehead atoms. The van der Waals surface area contributed by atoms with E-state index in [9.17, 15) is 0 Å². The lowest BCUT2D eigenvalue weighted by Crippen LogP contribution is -2.14. The fourth-order valence-corrected chi connectivity index (χ4v) is 2.18. The molecule has 0 spiro atoms. The van der Waals surface area contributed by atoms with E-state index >= 15 is 0 Å². The molecule has 0 aliphatic rings. The van der Waals surface area contributed by atoms with Gasteiger partial charge in [0, 0.05) is 11.6 Å². The molecule has 0 amide bonds. The third kappa shape index (κ3) is 3.99. The van der Waals surface area contributed by atoms with Crippen LogP contribution in [0.5, 0.6) is 5.75 Å². The molecule has 0 aromatic heterocycles. The second-order valence-electron chi connectivity index (χ2n) is 4.75. The Morgan fingerprint density at radius 3 is 2.60 bits per heavy atom. The number of rotatable bonds is 6. The molecule has 2 nitrogen and oxygen atoms in total. The fourth-order valence-electron chi connectivity index (χ4n) is 2.02. The summed E-state index contributed by atoms with van der Waals surface area (Å²) in [5.74, 6) is 0.843. The molecule has 0 heterocycles. The van der Waals surface area contributed by atoms with E-state index in [1.807, 2.05) is 31.2 Å². The average molecular weight is 290 g/mol. The predicted molar refractivity (Wildman–Crippen MR) is 84.3 cm³/mol. The minimum atomic E-state index is 0.558. The van der Waals surface area contributed by atoms with E-state index in [0.717, 1.165) is 24.4 Å². The Morgan fingerprint density at radius 2 is 1.85 bits per heavy atom. The molecule has 0 unspecified atom stereocenters. The highest BCUT2D eigenvalue weighted by molar-refractivity contribution is 6.30. The summed E-state index contributed by atoms with van der Waals surface area (Å²) in [6.07, 6.45) is 0. The molecular weight excluding hydrogens is 270 g/mol. The summed E-state index contributed by atoms with van der Waals surface area (Å²) in [6.45, 7) is 6.51. The fraction of sp³-hybridized carbons (Fsp3) is 0.294. The lowest BCUT2D eigenvalue weighted by Gasteiger charge is -2.13. The third-order valence-corrected chi connectivity index (χ3v) is 3.45. The Labute approximate surface area is 125 Å². The van der Waals surface area contributed by atoms with Gasteiger partial charge in [-0.1, -0.05) is 48.9 Å². The molecular formula is C17H20ClNO. The van der Waals surface area contributed by atoms with E-state index in [1.165, 1.54) is 11.1 Å². The van der Waals surface area contributed by atoms with E-state index < -0.39 is 0 Å². The van der Waals surface area contributed by atoms with Crippen molar-refractivity contribution < 1.29 is 4.74 Å². The van der Waals surface area contributed by atoms with Crippen molar-refractivity contribution in [2.45, 2.75) is 27.0 Å². The number of halogens is 1. The number of aryl methyl sites for hydroxylation is 1. The molecule has 3 heteroatoms. The molecule has 0 aliphatic carbocycles. The van der Waals surface area contributed by atoms with Gasteiger partial charge in [0.05, 0.1) is 0 Å². The van der Waals surface area contributed by atoms with Crippen LogP contribution in [0.4, 0.5) is 0 Å². The van der Waals surface area contributed by atoms with E-state index in [0.29, 0.717) is 11.6 Å². The van der Waals surface area contributed by atoms with Gasteiger partial charge >= 0.3 is 0 Å². The summed E-state index contributed by atoms with van der Waals surface area (Å²) in [5, 5.41) is 4.05. The molecule has 106 valence electrons. The maximum Gasteiger partial charge on any atom is 0.124 e. The highest BCUT2D eigenvalue weighted by Crippen LogP contribution is 2.24. The molecule has 0 fully saturated rings. The van der Waals surface area contributed by atoms with Gasteiger partial charge < -0.3 is 10.1 Å². The smallest absolute Gasteiger partial charge is 0.124 e. The van der Waals surface area contributed by atoms with Crippen LogP contribution in [0.1, 0.15) is 23.6 Å². The van der Waals surface area contributed by atoms with E-state index in [2.05, 4.69) is 30.4 Å². The van der Waals surface area contributed by atoms with Crippen LogP contribution < -0.4 is 10.1 Å². The van der Waals surface area contributed by atoms with Crippen LogP contribution in [0.3, 0.4) is 0 Å². The van der Waals surface area contributed by atoms with Gasteiger partial charge in [-0.3, -0.25) is 0 Å². The Morgan fingerprint density at radius 1 is 1.10 bits per heavy atom. The number of benzene rings is 2. The van der Waals surface area contributed by atoms with Crippen LogP contribution in [0.25, 0.3) is 0 Å². The molecule has 0 atom stereocenters. The molecule has 2 rings (SSSR count). The topological polar surface area (TPSA) is 21.3 Å². The Kier molecular flexibility index (Phi) is 5.45. The summed E-state index contributed by atoms with van der Waals surface area (Å²) in [4.78, 5) is 0. The van der Waals surface area contributed by atoms with Gasteiger partial charge in [-0.15, -0.1) is 0 Å². The van der Waals surface area contributed by atoms with Crippen LogP contribution in [-0.4, -0.2) is 6.54 Å². The van der Waals surface area contributed by atoms with Crippen molar-refractivity contribution in [3.05, 3.63) is 64.2 Å². The zero-order valence-electron chi connectivity index (χ0n) is 11.9. The van der Waals surface area contributed by atoms with Gasteiger partial charge in [0.15, 0.2) is 0 Å². The molecule has 0 saturated carbocycles. The first-order valence-corrected chi connectivity index (χ1v) is 7.25. The van der Waals surface area contributed by atoms with Crippen molar-refractivity contribution in [2.75, 3.05) is 6.54 Å². The third-order valence-electron chi connectivity index (χ3n) is 3.22. The first kappa shape index (κ1) is 14.9. The lowest BCUT2D eigenvalue weighted by molar-refractivity contribution is 0.302. The molecule has 0 saturated heterocycles. The number of nitrogens with one attached hydrogen (secondary N) is 1. The van der Waals surface area contributed by atoms with Crippen molar-refractivity contribution >= 4 is 11.6 Å². The van der Waals surface area contributed by atoms with E-state index in [1.54, 1.807) is 0 Å². The van der Waals surface area contributed by atoms with Gasteiger partial charge in [-0.05, 0) is 42.3 Å². The van der Waals surface area contributed by atoms with Crippen molar-refractivity contribution in [3.8, 4) is 5.75 Å². The quantitative estimate of drug-likeness (QED) is 0.854. The first-order valence-electron chi connectivity index (χ1n) is 6.87. The van der Waals surface area contributed by atoms with Gasteiger partial charge in [0.25, 0.3) is 0 Å². The largest absolute Gasteiger partial charge is 0.489 e. The van der Waals surface area contributed by atoms with Gasteiger partial charge in [0.1, 0.15) is 12.4 Å². The standard InChI is InChI=1S/C17H20ClNO/c1-3-19-11-14-6-4-5-7-15(14)12-20-17-10-16(18)9-8-13(17)2/h4-10,19H,3,11-12H2,1-2H3. The number of ether oxygens (including phenoxy) is 1. The molecule has 2 aromatic carbocycles. The first-order chi connectivity index (χ1) is 9.70. The minimum Gasteiger partial charge on any atom is -0.489 e. The van der Waals surface area contributed by atoms with E-state index in [-0.39, 0.29) is 0 Å². The molecule has 0 aliphatic heterocycles. The zero-order valence-corrected chi connectivity index (χ0v) is 12.7. The number of hydrogen-bond acceptors (Lipinski definition) is 2. The van der Waals surface area contributed by atoms with Gasteiger partial charge in [-0.2, -0.15) is 0 Å². The van der Waals surface area contributed by atoms with Crippen LogP contribution in [0.15, 0.2) is 42.5 Å². The maximum absolute atomic E-state index is 6.01. The summed E-state index contributed by atoms with van der Waals surface area (Å²) in [7, 11) is 0. The summed E-state index contributed by atoms with van der Waals surface area (Å²) in [6, 6.07) is 14.0. The molecule has 20 heavy (non-hydrogen) atoms. The summed E-state index contributed by atoms with van der Waals surface area (Å²) < 4.78 is 5.91. The van der Waals surface area contributed by atoms with E-state index in [4.69, 9.17) is 16.3 Å². The molecule has 1 N–H and O–H groups in total. The Bertz CT molecular complexity index is 569. The molecule has 0 radical (unpaired) electrons. The average Bonchev–Trinajstić information content (AvgIpc) is 2.47. The Balaban J connectivity index is 2.08.